The smallest absolute Gasteiger partial charge is 0.344 e. The minimum Gasteiger partial charge on any atom is -0.398 e. The van der Waals surface area contributed by atoms with Gasteiger partial charge in [0.25, 0.3) is 0 Å². The molecule has 0 radical (unpaired) electrons. The van der Waals surface area contributed by atoms with Gasteiger partial charge in [-0.3, -0.25) is 4.57 Å². The molecule has 0 atom stereocenters. The molecule has 2 aromatic rings. The fourth-order valence-corrected chi connectivity index (χ4v) is 2.89. The van der Waals surface area contributed by atoms with Gasteiger partial charge in [-0.05, 0) is 49.2 Å². The van der Waals surface area contributed by atoms with Gasteiger partial charge >= 0.3 is 5.69 Å². The van der Waals surface area contributed by atoms with E-state index in [-0.39, 0.29) is 5.69 Å². The molecule has 0 aliphatic heterocycles. The van der Waals surface area contributed by atoms with Crippen LogP contribution in [0.1, 0.15) is 24.4 Å². The number of nitrogen functional groups attached to an aromatic ring is 1. The molecule has 1 heterocycles. The molecular formula is C12H14N4OS. The molecule has 1 aliphatic carbocycles. The lowest BCUT2D eigenvalue weighted by molar-refractivity contribution is 0.642. The zero-order valence-electron chi connectivity index (χ0n) is 10.0. The zero-order valence-corrected chi connectivity index (χ0v) is 10.8. The van der Waals surface area contributed by atoms with E-state index in [1.54, 1.807) is 4.57 Å². The molecule has 3 rings (SSSR count). The van der Waals surface area contributed by atoms with Crippen LogP contribution in [0, 0.1) is 6.92 Å². The van der Waals surface area contributed by atoms with Gasteiger partial charge in [-0.25, -0.2) is 9.89 Å². The Morgan fingerprint density at radius 3 is 3.00 bits per heavy atom. The first-order valence-electron chi connectivity index (χ1n) is 5.86. The molecule has 1 aromatic heterocycles. The van der Waals surface area contributed by atoms with Crippen LogP contribution in [0.3, 0.4) is 0 Å². The third kappa shape index (κ3) is 2.03. The van der Waals surface area contributed by atoms with Gasteiger partial charge in [0.05, 0.1) is 0 Å². The quantitative estimate of drug-likeness (QED) is 0.829. The molecule has 5 nitrogen and oxygen atoms in total. The number of nitrogens with zero attached hydrogens (tertiary/aromatic N) is 2. The van der Waals surface area contributed by atoms with E-state index in [9.17, 15) is 4.79 Å². The monoisotopic (exact) mass is 262 g/mol. The first-order chi connectivity index (χ1) is 8.65. The minimum atomic E-state index is -0.133. The van der Waals surface area contributed by atoms with Gasteiger partial charge in [0, 0.05) is 16.6 Å². The van der Waals surface area contributed by atoms with Gasteiger partial charge in [0.2, 0.25) is 0 Å². The van der Waals surface area contributed by atoms with Crippen molar-refractivity contribution in [2.45, 2.75) is 35.9 Å². The second kappa shape index (κ2) is 4.20. The molecular weight excluding hydrogens is 248 g/mol. The highest BCUT2D eigenvalue weighted by Gasteiger charge is 2.28. The lowest BCUT2D eigenvalue weighted by atomic mass is 10.2. The molecule has 1 saturated carbocycles. The Labute approximate surface area is 108 Å². The number of aromatic amines is 1. The van der Waals surface area contributed by atoms with E-state index >= 15 is 0 Å². The van der Waals surface area contributed by atoms with Gasteiger partial charge in [-0.15, -0.1) is 5.10 Å². The molecule has 94 valence electrons. The Morgan fingerprint density at radius 1 is 1.50 bits per heavy atom. The molecule has 1 aliphatic rings. The highest BCUT2D eigenvalue weighted by molar-refractivity contribution is 7.99. The summed E-state index contributed by atoms with van der Waals surface area (Å²) in [5, 5.41) is 7.28. The summed E-state index contributed by atoms with van der Waals surface area (Å²) in [6.45, 7) is 2.02. The number of aromatic nitrogens is 3. The Kier molecular flexibility index (Phi) is 2.66. The van der Waals surface area contributed by atoms with E-state index in [2.05, 4.69) is 10.2 Å². The number of anilines is 1. The van der Waals surface area contributed by atoms with Crippen LogP contribution in [0.2, 0.25) is 0 Å². The van der Waals surface area contributed by atoms with Crippen molar-refractivity contribution in [2.24, 2.45) is 0 Å². The SMILES string of the molecule is Cc1ccc(N)c(Sc2n[nH]c(=O)n2C2CC2)c1. The first kappa shape index (κ1) is 11.4. The van der Waals surface area contributed by atoms with Gasteiger partial charge in [0.1, 0.15) is 0 Å². The van der Waals surface area contributed by atoms with E-state index in [1.165, 1.54) is 11.8 Å². The van der Waals surface area contributed by atoms with Crippen molar-refractivity contribution < 1.29 is 0 Å². The molecule has 3 N–H and O–H groups in total. The van der Waals surface area contributed by atoms with E-state index in [4.69, 9.17) is 5.73 Å². The normalized spacial score (nSPS) is 14.9. The maximum atomic E-state index is 11.7. The van der Waals surface area contributed by atoms with Crippen molar-refractivity contribution in [3.8, 4) is 0 Å². The predicted molar refractivity (Wildman–Crippen MR) is 70.8 cm³/mol. The number of aryl methyl sites for hydroxylation is 1. The van der Waals surface area contributed by atoms with E-state index in [0.29, 0.717) is 16.9 Å². The lowest BCUT2D eigenvalue weighted by Crippen LogP contribution is -2.16. The molecule has 1 fully saturated rings. The highest BCUT2D eigenvalue weighted by atomic mass is 32.2. The van der Waals surface area contributed by atoms with Crippen LogP contribution in [0.5, 0.6) is 0 Å². The highest BCUT2D eigenvalue weighted by Crippen LogP contribution is 2.38. The fourth-order valence-electron chi connectivity index (χ4n) is 1.85. The second-order valence-electron chi connectivity index (χ2n) is 4.56. The Morgan fingerprint density at radius 2 is 2.28 bits per heavy atom. The number of hydrogen-bond donors (Lipinski definition) is 2. The number of H-pyrrole nitrogens is 1. The summed E-state index contributed by atoms with van der Waals surface area (Å²) < 4.78 is 1.73. The number of rotatable bonds is 3. The van der Waals surface area contributed by atoms with E-state index < -0.39 is 0 Å². The maximum absolute atomic E-state index is 11.7. The Bertz CT molecular complexity index is 642. The van der Waals surface area contributed by atoms with Gasteiger partial charge < -0.3 is 5.73 Å². The number of hydrogen-bond acceptors (Lipinski definition) is 4. The van der Waals surface area contributed by atoms with Crippen LogP contribution < -0.4 is 11.4 Å². The minimum absolute atomic E-state index is 0.133. The zero-order chi connectivity index (χ0) is 12.7. The molecule has 0 bridgehead atoms. The first-order valence-corrected chi connectivity index (χ1v) is 6.67. The lowest BCUT2D eigenvalue weighted by Gasteiger charge is -2.06. The average molecular weight is 262 g/mol. The van der Waals surface area contributed by atoms with Crippen molar-refractivity contribution in [1.29, 1.82) is 0 Å². The van der Waals surface area contributed by atoms with E-state index in [0.717, 1.165) is 23.3 Å². The summed E-state index contributed by atoms with van der Waals surface area (Å²) in [6.07, 6.45) is 2.10. The van der Waals surface area contributed by atoms with Crippen molar-refractivity contribution in [1.82, 2.24) is 14.8 Å². The van der Waals surface area contributed by atoms with Crippen molar-refractivity contribution in [3.05, 3.63) is 34.2 Å². The van der Waals surface area contributed by atoms with Crippen LogP contribution in [0.25, 0.3) is 0 Å². The number of nitrogens with two attached hydrogens (primary N) is 1. The number of benzene rings is 1. The maximum Gasteiger partial charge on any atom is 0.344 e. The van der Waals surface area contributed by atoms with Crippen LogP contribution in [0.15, 0.2) is 33.0 Å². The van der Waals surface area contributed by atoms with Crippen molar-refractivity contribution in [3.63, 3.8) is 0 Å². The summed E-state index contributed by atoms with van der Waals surface area (Å²) in [5.74, 6) is 0. The largest absolute Gasteiger partial charge is 0.398 e. The molecule has 0 saturated heterocycles. The Hall–Kier alpha value is -1.69. The number of nitrogens with one attached hydrogen (secondary N) is 1. The van der Waals surface area contributed by atoms with Crippen LogP contribution in [0.4, 0.5) is 5.69 Å². The fraction of sp³-hybridized carbons (Fsp3) is 0.333. The molecule has 0 spiro atoms. The van der Waals surface area contributed by atoms with E-state index in [1.807, 2.05) is 25.1 Å². The molecule has 1 aromatic carbocycles. The molecule has 0 unspecified atom stereocenters. The summed E-state index contributed by atoms with van der Waals surface area (Å²) in [5.41, 5.74) is 7.66. The summed E-state index contributed by atoms with van der Waals surface area (Å²) in [4.78, 5) is 12.6. The van der Waals surface area contributed by atoms with Crippen LogP contribution in [-0.4, -0.2) is 14.8 Å². The van der Waals surface area contributed by atoms with Crippen LogP contribution >= 0.6 is 11.8 Å². The van der Waals surface area contributed by atoms with Crippen LogP contribution in [-0.2, 0) is 0 Å². The van der Waals surface area contributed by atoms with Gasteiger partial charge in [0.15, 0.2) is 5.16 Å². The van der Waals surface area contributed by atoms with Crippen molar-refractivity contribution >= 4 is 17.4 Å². The average Bonchev–Trinajstić information content (AvgIpc) is 3.10. The summed E-state index contributed by atoms with van der Waals surface area (Å²) in [6, 6.07) is 6.17. The Balaban J connectivity index is 1.97. The predicted octanol–water partition coefficient (Wildman–Crippen LogP) is 1.95. The van der Waals surface area contributed by atoms with Crippen molar-refractivity contribution in [2.75, 3.05) is 5.73 Å². The second-order valence-corrected chi connectivity index (χ2v) is 5.56. The molecule has 0 amide bonds. The molecule has 6 heteroatoms. The van der Waals surface area contributed by atoms with Gasteiger partial charge in [-0.1, -0.05) is 6.07 Å². The molecule has 18 heavy (non-hydrogen) atoms. The van der Waals surface area contributed by atoms with Gasteiger partial charge in [-0.2, -0.15) is 0 Å². The summed E-state index contributed by atoms with van der Waals surface area (Å²) >= 11 is 1.44. The topological polar surface area (TPSA) is 76.7 Å². The third-order valence-corrected chi connectivity index (χ3v) is 4.00. The summed E-state index contributed by atoms with van der Waals surface area (Å²) in [7, 11) is 0. The standard InChI is InChI=1S/C12H14N4OS/c1-7-2-5-9(13)10(6-7)18-12-15-14-11(17)16(12)8-3-4-8/h2,5-6,8H,3-4,13H2,1H3,(H,14,17). The third-order valence-electron chi connectivity index (χ3n) is 2.95.